The molecular weight excluding hydrogens is 782 g/mol. The van der Waals surface area contributed by atoms with Gasteiger partial charge in [-0.1, -0.05) is 0 Å². The number of ether oxygens (including phenoxy) is 1. The largest absolute Gasteiger partial charge is 0.737 e. The van der Waals surface area contributed by atoms with Gasteiger partial charge in [-0.15, -0.1) is 0 Å². The van der Waals surface area contributed by atoms with Gasteiger partial charge in [0.05, 0.1) is 25.2 Å². The number of nitrogens with zero attached hydrogens (tertiary/aromatic N) is 6. The highest BCUT2D eigenvalue weighted by Gasteiger charge is 2.52. The highest BCUT2D eigenvalue weighted by atomic mass is 32.7. The zero-order valence-electron chi connectivity index (χ0n) is 26.7. The Kier molecular flexibility index (Phi) is 10.3. The third-order valence-corrected chi connectivity index (χ3v) is 14.5. The molecule has 1 fully saturated rings. The Morgan fingerprint density at radius 2 is 1.85 bits per heavy atom. The topological polar surface area (TPSA) is 296 Å². The summed E-state index contributed by atoms with van der Waals surface area (Å²) in [6.07, 6.45) is 0.447. The van der Waals surface area contributed by atoms with Crippen molar-refractivity contribution in [2.45, 2.75) is 38.4 Å². The van der Waals surface area contributed by atoms with E-state index in [9.17, 15) is 43.4 Å². The van der Waals surface area contributed by atoms with Crippen LogP contribution < -0.4 is 11.1 Å². The second kappa shape index (κ2) is 13.9. The number of aromatic nitrogens is 5. The standard InChI is InChI=1S/C24H30BF2N8O13P3S/c1-12-5-13(2)34-16(12)6-14-3-4-15(35(14)25(34,26)27)7-29-18(36)9-52-51(43,44)48-50(41,42)47-49(39,40)45-8-17-20(37)21(38)24(46-17)33-11-32-19-22(28)30-10-31-23(19)33/h3-6,10-11,17,20-21,24,37-38H,7-9H2,1-2H3,(H,29,36)(H,39,40)(H,41,42)(H,43,44)(H2,28,30,31)/t17-,20-,21-,24-/m1/s1. The van der Waals surface area contributed by atoms with E-state index in [1.165, 1.54) is 23.0 Å². The minimum absolute atomic E-state index is 0.0156. The highest BCUT2D eigenvalue weighted by Crippen LogP contribution is 2.71. The van der Waals surface area contributed by atoms with Crippen molar-refractivity contribution in [1.29, 1.82) is 0 Å². The van der Waals surface area contributed by atoms with E-state index in [-0.39, 0.29) is 39.8 Å². The van der Waals surface area contributed by atoms with Crippen molar-refractivity contribution in [2.75, 3.05) is 24.6 Å². The van der Waals surface area contributed by atoms with E-state index in [2.05, 4.69) is 33.4 Å². The zero-order valence-corrected chi connectivity index (χ0v) is 30.2. The molecule has 7 atom stereocenters. The van der Waals surface area contributed by atoms with E-state index in [0.717, 1.165) is 15.3 Å². The molecule has 1 amide bonds. The third-order valence-electron chi connectivity index (χ3n) is 8.05. The number of halogens is 2. The van der Waals surface area contributed by atoms with Crippen LogP contribution in [-0.2, 0) is 36.4 Å². The Bertz CT molecular complexity index is 2200. The van der Waals surface area contributed by atoms with Gasteiger partial charge in [0.25, 0.3) is 0 Å². The molecule has 3 aromatic rings. The summed E-state index contributed by atoms with van der Waals surface area (Å²) in [6, 6.07) is 1.63. The first-order chi connectivity index (χ1) is 24.2. The Morgan fingerprint density at radius 1 is 1.12 bits per heavy atom. The molecule has 8 N–H and O–H groups in total. The first kappa shape index (κ1) is 38.6. The van der Waals surface area contributed by atoms with E-state index < -0.39 is 78.8 Å². The first-order valence-electron chi connectivity index (χ1n) is 14.9. The number of amides is 1. The molecule has 6 heterocycles. The van der Waals surface area contributed by atoms with Crippen LogP contribution in [0.1, 0.15) is 23.2 Å². The number of carbonyl (C=O) groups excluding carboxylic acids is 1. The SMILES string of the molecule is Cc1cc(C)n2c1C=C1C=CC(CNC(=O)CSP(=O)(O)OP(=O)(O)OP(=O)(O)OC[C@H]3O[C@@H](n4cnc5c(N)ncnc54)[C@H](O)[C@@H]3O)=[N+]1[B-]2(F)F. The minimum atomic E-state index is -5.87. The predicted molar refractivity (Wildman–Crippen MR) is 178 cm³/mol. The number of phosphoric ester groups is 1. The smallest absolute Gasteiger partial charge is 0.394 e. The molecule has 3 aliphatic rings. The van der Waals surface area contributed by atoms with Gasteiger partial charge in [-0.25, -0.2) is 28.6 Å². The van der Waals surface area contributed by atoms with Gasteiger partial charge in [0, 0.05) is 23.9 Å². The van der Waals surface area contributed by atoms with E-state index in [1.54, 1.807) is 26.0 Å². The minimum Gasteiger partial charge on any atom is -0.394 e. The third kappa shape index (κ3) is 7.60. The molecule has 52 heavy (non-hydrogen) atoms. The summed E-state index contributed by atoms with van der Waals surface area (Å²) in [6.45, 7) is -7.75. The number of allylic oxidation sites excluding steroid dienone is 1. The normalized spacial score (nSPS) is 25.7. The van der Waals surface area contributed by atoms with Crippen LogP contribution in [-0.4, -0.2) is 109 Å². The lowest BCUT2D eigenvalue weighted by atomic mass is 9.90. The number of fused-ring (bicyclic) bond motifs is 3. The number of nitrogens with two attached hydrogens (primary N) is 1. The number of nitrogen functional groups attached to an aromatic ring is 1. The van der Waals surface area contributed by atoms with Crippen molar-refractivity contribution >= 4 is 75.5 Å². The summed E-state index contributed by atoms with van der Waals surface area (Å²) in [5, 5.41) is 23.2. The van der Waals surface area contributed by atoms with Crippen molar-refractivity contribution in [3.05, 3.63) is 53.5 Å². The van der Waals surface area contributed by atoms with E-state index >= 15 is 8.63 Å². The molecule has 3 unspecified atom stereocenters. The maximum absolute atomic E-state index is 15.6. The second-order valence-corrected chi connectivity index (χ2v) is 18.7. The molecule has 0 bridgehead atoms. The Labute approximate surface area is 295 Å². The van der Waals surface area contributed by atoms with Crippen LogP contribution in [0.4, 0.5) is 14.4 Å². The molecule has 282 valence electrons. The number of nitrogens with one attached hydrogen (secondary N) is 1. The summed E-state index contributed by atoms with van der Waals surface area (Å²) in [7, 11) is -11.5. The summed E-state index contributed by atoms with van der Waals surface area (Å²) in [5.74, 6) is -1.82. The van der Waals surface area contributed by atoms with Crippen LogP contribution in [0.15, 0.2) is 36.6 Å². The van der Waals surface area contributed by atoms with Gasteiger partial charge in [-0.05, 0) is 42.6 Å². The molecule has 0 radical (unpaired) electrons. The van der Waals surface area contributed by atoms with Crippen molar-refractivity contribution in [3.63, 3.8) is 0 Å². The molecule has 0 saturated carbocycles. The van der Waals surface area contributed by atoms with Gasteiger partial charge >= 0.3 is 29.4 Å². The number of anilines is 1. The average Bonchev–Trinajstić information content (AvgIpc) is 3.79. The number of hydrogen-bond donors (Lipinski definition) is 7. The fourth-order valence-corrected chi connectivity index (χ4v) is 11.5. The summed E-state index contributed by atoms with van der Waals surface area (Å²) < 4.78 is 89.7. The number of aliphatic hydroxyl groups is 2. The van der Waals surface area contributed by atoms with Crippen molar-refractivity contribution in [1.82, 2.24) is 29.3 Å². The number of aliphatic hydroxyl groups excluding tert-OH is 2. The Hall–Kier alpha value is -3.15. The molecule has 28 heteroatoms. The fourth-order valence-electron chi connectivity index (χ4n) is 5.86. The number of phosphoric acid groups is 2. The summed E-state index contributed by atoms with van der Waals surface area (Å²) >= 11 is -0.178. The molecular formula is C24H30BF2N8O13P3S. The van der Waals surface area contributed by atoms with Gasteiger partial charge in [-0.2, -0.15) is 8.62 Å². The number of carbonyl (C=O) groups is 1. The lowest BCUT2D eigenvalue weighted by molar-refractivity contribution is -0.361. The molecule has 0 aliphatic carbocycles. The number of imidazole rings is 1. The molecule has 0 spiro atoms. The molecule has 0 aromatic carbocycles. The van der Waals surface area contributed by atoms with Crippen LogP contribution in [0.25, 0.3) is 17.2 Å². The maximum atomic E-state index is 15.6. The van der Waals surface area contributed by atoms with Crippen LogP contribution >= 0.6 is 33.8 Å². The van der Waals surface area contributed by atoms with Gasteiger partial charge in [0.1, 0.15) is 30.2 Å². The Morgan fingerprint density at radius 3 is 2.58 bits per heavy atom. The van der Waals surface area contributed by atoms with E-state index in [4.69, 9.17) is 10.5 Å². The monoisotopic (exact) mass is 812 g/mol. The number of aryl methyl sites for hydroxylation is 2. The molecule has 3 aliphatic heterocycles. The van der Waals surface area contributed by atoms with Crippen LogP contribution in [0.2, 0.25) is 0 Å². The lowest BCUT2D eigenvalue weighted by Gasteiger charge is -2.30. The van der Waals surface area contributed by atoms with Gasteiger partial charge in [0.15, 0.2) is 29.1 Å². The highest BCUT2D eigenvalue weighted by molar-refractivity contribution is 8.55. The van der Waals surface area contributed by atoms with Gasteiger partial charge < -0.3 is 58.3 Å². The second-order valence-electron chi connectivity index (χ2n) is 11.6. The predicted octanol–water partition coefficient (Wildman–Crippen LogP) is 0.947. The number of hydrogen-bond acceptors (Lipinski definition) is 15. The van der Waals surface area contributed by atoms with E-state index in [1.807, 2.05) is 0 Å². The molecule has 6 rings (SSSR count). The number of rotatable bonds is 13. The van der Waals surface area contributed by atoms with E-state index in [0.29, 0.717) is 17.0 Å². The average molecular weight is 812 g/mol. The van der Waals surface area contributed by atoms with Crippen LogP contribution in [0.3, 0.4) is 0 Å². The van der Waals surface area contributed by atoms with Crippen LogP contribution in [0, 0.1) is 13.8 Å². The maximum Gasteiger partial charge on any atom is 0.737 e. The van der Waals surface area contributed by atoms with Crippen molar-refractivity contribution < 1.29 is 74.4 Å². The van der Waals surface area contributed by atoms with Gasteiger partial charge in [-0.3, -0.25) is 13.9 Å². The summed E-state index contributed by atoms with van der Waals surface area (Å²) in [5.41, 5.74) is 7.60. The van der Waals surface area contributed by atoms with Gasteiger partial charge in [0.2, 0.25) is 5.91 Å². The molecule has 21 nitrogen and oxygen atoms in total. The van der Waals surface area contributed by atoms with Crippen molar-refractivity contribution in [3.8, 4) is 0 Å². The zero-order chi connectivity index (χ0) is 38.0. The van der Waals surface area contributed by atoms with Crippen LogP contribution in [0.5, 0.6) is 0 Å². The molecule has 3 aromatic heterocycles. The molecule has 1 saturated heterocycles. The quantitative estimate of drug-likeness (QED) is 0.0934. The fraction of sp³-hybridized carbons (Fsp3) is 0.375. The summed E-state index contributed by atoms with van der Waals surface area (Å²) in [4.78, 5) is 54.2. The van der Waals surface area contributed by atoms with Crippen molar-refractivity contribution in [2.24, 2.45) is 0 Å². The Balaban J connectivity index is 0.998. The lowest BCUT2D eigenvalue weighted by Crippen LogP contribution is -2.52. The first-order valence-corrected chi connectivity index (χ1v) is 21.0.